The van der Waals surface area contributed by atoms with Gasteiger partial charge < -0.3 is 11.1 Å². The van der Waals surface area contributed by atoms with Gasteiger partial charge in [0.15, 0.2) is 0 Å². The summed E-state index contributed by atoms with van der Waals surface area (Å²) in [5.74, 6) is 0. The van der Waals surface area contributed by atoms with Crippen LogP contribution < -0.4 is 11.1 Å². The fraction of sp³-hybridized carbons (Fsp3) is 0.294. The lowest BCUT2D eigenvalue weighted by Gasteiger charge is -2.20. The van der Waals surface area contributed by atoms with Crippen LogP contribution in [0.4, 0.5) is 5.69 Å². The van der Waals surface area contributed by atoms with E-state index in [4.69, 9.17) is 5.73 Å². The second-order valence-corrected chi connectivity index (χ2v) is 5.15. The molecule has 0 aliphatic rings. The molecule has 0 aliphatic carbocycles. The average Bonchev–Trinajstić information content (AvgIpc) is 2.42. The standard InChI is InChI=1S/C17H22N2/c1-13(12-15-8-10-17(18)11-9-15)19-14(2)16-6-4-3-5-7-16/h3-11,13-14,19H,12,18H2,1-2H3. The van der Waals surface area contributed by atoms with Gasteiger partial charge in [0.25, 0.3) is 0 Å². The summed E-state index contributed by atoms with van der Waals surface area (Å²) in [5.41, 5.74) is 9.16. The molecule has 19 heavy (non-hydrogen) atoms. The molecular formula is C17H22N2. The summed E-state index contributed by atoms with van der Waals surface area (Å²) < 4.78 is 0. The van der Waals surface area contributed by atoms with Crippen LogP contribution in [-0.4, -0.2) is 6.04 Å². The number of anilines is 1. The Bertz CT molecular complexity index is 490. The second kappa shape index (κ2) is 6.39. The smallest absolute Gasteiger partial charge is 0.0314 e. The number of benzene rings is 2. The molecule has 0 radical (unpaired) electrons. The van der Waals surface area contributed by atoms with E-state index in [0.29, 0.717) is 12.1 Å². The van der Waals surface area contributed by atoms with E-state index in [1.165, 1.54) is 11.1 Å². The lowest BCUT2D eigenvalue weighted by molar-refractivity contribution is 0.477. The highest BCUT2D eigenvalue weighted by atomic mass is 14.9. The number of nitrogens with one attached hydrogen (secondary N) is 1. The lowest BCUT2D eigenvalue weighted by Crippen LogP contribution is -2.30. The van der Waals surface area contributed by atoms with E-state index >= 15 is 0 Å². The van der Waals surface area contributed by atoms with Crippen molar-refractivity contribution in [3.05, 3.63) is 65.7 Å². The van der Waals surface area contributed by atoms with E-state index < -0.39 is 0 Å². The molecule has 0 saturated carbocycles. The third-order valence-electron chi connectivity index (χ3n) is 3.36. The van der Waals surface area contributed by atoms with Crippen molar-refractivity contribution >= 4 is 5.69 Å². The number of nitrogen functional groups attached to an aromatic ring is 1. The van der Waals surface area contributed by atoms with E-state index in [0.717, 1.165) is 12.1 Å². The topological polar surface area (TPSA) is 38.0 Å². The molecule has 0 spiro atoms. The van der Waals surface area contributed by atoms with Crippen LogP contribution >= 0.6 is 0 Å². The van der Waals surface area contributed by atoms with E-state index in [2.05, 4.69) is 55.6 Å². The first kappa shape index (κ1) is 13.6. The van der Waals surface area contributed by atoms with Crippen molar-refractivity contribution in [3.63, 3.8) is 0 Å². The third kappa shape index (κ3) is 4.11. The molecule has 0 aromatic heterocycles. The molecule has 2 aromatic carbocycles. The minimum Gasteiger partial charge on any atom is -0.399 e. The van der Waals surface area contributed by atoms with E-state index in [-0.39, 0.29) is 0 Å². The summed E-state index contributed by atoms with van der Waals surface area (Å²) >= 11 is 0. The van der Waals surface area contributed by atoms with Crippen LogP contribution in [0.3, 0.4) is 0 Å². The molecule has 0 amide bonds. The SMILES string of the molecule is CC(Cc1ccc(N)cc1)NC(C)c1ccccc1. The average molecular weight is 254 g/mol. The Morgan fingerprint density at radius 2 is 1.58 bits per heavy atom. The van der Waals surface area contributed by atoms with Crippen LogP contribution in [-0.2, 0) is 6.42 Å². The van der Waals surface area contributed by atoms with E-state index in [1.807, 2.05) is 18.2 Å². The van der Waals surface area contributed by atoms with Crippen LogP contribution in [0.25, 0.3) is 0 Å². The Hall–Kier alpha value is -1.80. The Balaban J connectivity index is 1.90. The van der Waals surface area contributed by atoms with Gasteiger partial charge in [-0.05, 0) is 43.5 Å². The van der Waals surface area contributed by atoms with Crippen LogP contribution in [0.5, 0.6) is 0 Å². The van der Waals surface area contributed by atoms with Gasteiger partial charge in [0.05, 0.1) is 0 Å². The maximum atomic E-state index is 5.70. The van der Waals surface area contributed by atoms with Crippen LogP contribution in [0, 0.1) is 0 Å². The maximum Gasteiger partial charge on any atom is 0.0314 e. The maximum absolute atomic E-state index is 5.70. The largest absolute Gasteiger partial charge is 0.399 e. The molecule has 0 fully saturated rings. The predicted molar refractivity (Wildman–Crippen MR) is 82.0 cm³/mol. The number of hydrogen-bond donors (Lipinski definition) is 2. The number of hydrogen-bond acceptors (Lipinski definition) is 2. The fourth-order valence-corrected chi connectivity index (χ4v) is 2.33. The molecule has 2 aromatic rings. The minimum absolute atomic E-state index is 0.366. The van der Waals surface area contributed by atoms with Crippen molar-refractivity contribution in [3.8, 4) is 0 Å². The Morgan fingerprint density at radius 1 is 0.947 bits per heavy atom. The molecule has 0 heterocycles. The highest BCUT2D eigenvalue weighted by Crippen LogP contribution is 2.14. The first-order chi connectivity index (χ1) is 9.15. The Morgan fingerprint density at radius 3 is 2.21 bits per heavy atom. The molecule has 3 N–H and O–H groups in total. The molecule has 2 unspecified atom stereocenters. The van der Waals surface area contributed by atoms with Crippen molar-refractivity contribution in [1.29, 1.82) is 0 Å². The normalized spacial score (nSPS) is 14.0. The molecule has 2 atom stereocenters. The molecule has 2 nitrogen and oxygen atoms in total. The van der Waals surface area contributed by atoms with Crippen LogP contribution in [0.2, 0.25) is 0 Å². The summed E-state index contributed by atoms with van der Waals surface area (Å²) in [6.45, 7) is 4.42. The van der Waals surface area contributed by atoms with E-state index in [1.54, 1.807) is 0 Å². The third-order valence-corrected chi connectivity index (χ3v) is 3.36. The Labute approximate surface area is 115 Å². The predicted octanol–water partition coefficient (Wildman–Crippen LogP) is 3.55. The summed E-state index contributed by atoms with van der Waals surface area (Å²) in [7, 11) is 0. The molecule has 2 rings (SSSR count). The zero-order valence-corrected chi connectivity index (χ0v) is 11.6. The van der Waals surface area contributed by atoms with Gasteiger partial charge >= 0.3 is 0 Å². The summed E-state index contributed by atoms with van der Waals surface area (Å²) in [6.07, 6.45) is 1.01. The zero-order chi connectivity index (χ0) is 13.7. The first-order valence-electron chi connectivity index (χ1n) is 6.80. The fourth-order valence-electron chi connectivity index (χ4n) is 2.33. The lowest BCUT2D eigenvalue weighted by atomic mass is 10.0. The van der Waals surface area contributed by atoms with Gasteiger partial charge in [0.2, 0.25) is 0 Å². The molecule has 0 aliphatic heterocycles. The second-order valence-electron chi connectivity index (χ2n) is 5.15. The molecule has 0 bridgehead atoms. The molecule has 2 heteroatoms. The molecular weight excluding hydrogens is 232 g/mol. The summed E-state index contributed by atoms with van der Waals surface area (Å²) in [5, 5.41) is 3.63. The monoisotopic (exact) mass is 254 g/mol. The van der Waals surface area contributed by atoms with Gasteiger partial charge in [-0.2, -0.15) is 0 Å². The molecule has 0 saturated heterocycles. The highest BCUT2D eigenvalue weighted by Gasteiger charge is 2.09. The highest BCUT2D eigenvalue weighted by molar-refractivity contribution is 5.39. The van der Waals surface area contributed by atoms with Crippen molar-refractivity contribution in [2.75, 3.05) is 5.73 Å². The zero-order valence-electron chi connectivity index (χ0n) is 11.6. The van der Waals surface area contributed by atoms with Crippen molar-refractivity contribution in [2.24, 2.45) is 0 Å². The first-order valence-corrected chi connectivity index (χ1v) is 6.80. The van der Waals surface area contributed by atoms with Crippen molar-refractivity contribution < 1.29 is 0 Å². The van der Waals surface area contributed by atoms with Crippen LogP contribution in [0.1, 0.15) is 31.0 Å². The van der Waals surface area contributed by atoms with Gasteiger partial charge in [-0.15, -0.1) is 0 Å². The van der Waals surface area contributed by atoms with Gasteiger partial charge in [0.1, 0.15) is 0 Å². The van der Waals surface area contributed by atoms with E-state index in [9.17, 15) is 0 Å². The van der Waals surface area contributed by atoms with Gasteiger partial charge in [0, 0.05) is 17.8 Å². The summed E-state index contributed by atoms with van der Waals surface area (Å²) in [6, 6.07) is 19.4. The number of nitrogens with two attached hydrogens (primary N) is 1. The van der Waals surface area contributed by atoms with Gasteiger partial charge in [-0.25, -0.2) is 0 Å². The molecule has 100 valence electrons. The van der Waals surface area contributed by atoms with Gasteiger partial charge in [-0.1, -0.05) is 42.5 Å². The Kier molecular flexibility index (Phi) is 4.58. The number of rotatable bonds is 5. The van der Waals surface area contributed by atoms with Gasteiger partial charge in [-0.3, -0.25) is 0 Å². The summed E-state index contributed by atoms with van der Waals surface area (Å²) in [4.78, 5) is 0. The van der Waals surface area contributed by atoms with Crippen molar-refractivity contribution in [2.45, 2.75) is 32.4 Å². The van der Waals surface area contributed by atoms with Crippen LogP contribution in [0.15, 0.2) is 54.6 Å². The quantitative estimate of drug-likeness (QED) is 0.801. The minimum atomic E-state index is 0.366. The van der Waals surface area contributed by atoms with Crippen molar-refractivity contribution in [1.82, 2.24) is 5.32 Å².